The van der Waals surface area contributed by atoms with Gasteiger partial charge in [-0.15, -0.1) is 0 Å². The molecule has 3 N–H and O–H groups in total. The van der Waals surface area contributed by atoms with E-state index in [-0.39, 0.29) is 17.5 Å². The van der Waals surface area contributed by atoms with E-state index in [0.717, 1.165) is 5.56 Å². The number of amides is 1. The summed E-state index contributed by atoms with van der Waals surface area (Å²) in [5.41, 5.74) is 7.42. The molecule has 0 bridgehead atoms. The van der Waals surface area contributed by atoms with Crippen LogP contribution in [0.1, 0.15) is 33.3 Å². The Balaban J connectivity index is 2.28. The molecular weight excluding hydrogens is 314 g/mol. The maximum absolute atomic E-state index is 11.5. The van der Waals surface area contributed by atoms with Crippen LogP contribution >= 0.6 is 11.6 Å². The summed E-state index contributed by atoms with van der Waals surface area (Å²) < 4.78 is 0. The van der Waals surface area contributed by atoms with Gasteiger partial charge in [0, 0.05) is 31.7 Å². The Morgan fingerprint density at radius 1 is 1.39 bits per heavy atom. The first-order valence-corrected chi connectivity index (χ1v) is 8.25. The van der Waals surface area contributed by atoms with Crippen molar-refractivity contribution in [1.82, 2.24) is 9.80 Å². The molecule has 0 spiro atoms. The van der Waals surface area contributed by atoms with E-state index >= 15 is 0 Å². The van der Waals surface area contributed by atoms with Gasteiger partial charge >= 0.3 is 6.09 Å². The molecule has 2 rings (SSSR count). The van der Waals surface area contributed by atoms with Crippen LogP contribution < -0.4 is 5.73 Å². The van der Waals surface area contributed by atoms with Gasteiger partial charge < -0.3 is 15.7 Å². The molecule has 0 saturated carbocycles. The van der Waals surface area contributed by atoms with Gasteiger partial charge in [-0.3, -0.25) is 4.90 Å². The Labute approximate surface area is 143 Å². The molecule has 6 heteroatoms. The number of rotatable bonds is 2. The Bertz CT molecular complexity index is 586. The van der Waals surface area contributed by atoms with Crippen LogP contribution in [0.15, 0.2) is 18.2 Å². The summed E-state index contributed by atoms with van der Waals surface area (Å²) in [6, 6.07) is 5.74. The number of nitrogens with zero attached hydrogens (tertiary/aromatic N) is 2. The molecule has 23 heavy (non-hydrogen) atoms. The molecule has 0 aliphatic carbocycles. The van der Waals surface area contributed by atoms with Crippen molar-refractivity contribution in [1.29, 1.82) is 0 Å². The highest BCUT2D eigenvalue weighted by molar-refractivity contribution is 6.33. The zero-order valence-corrected chi connectivity index (χ0v) is 15.0. The van der Waals surface area contributed by atoms with Crippen LogP contribution in [-0.2, 0) is 6.54 Å². The van der Waals surface area contributed by atoms with Crippen molar-refractivity contribution in [3.8, 4) is 0 Å². The summed E-state index contributed by atoms with van der Waals surface area (Å²) in [5, 5.41) is 10.0. The number of nitrogens with two attached hydrogens (primary N) is 1. The molecule has 1 amide bonds. The lowest BCUT2D eigenvalue weighted by Crippen LogP contribution is -2.61. The van der Waals surface area contributed by atoms with Gasteiger partial charge in [-0.1, -0.05) is 44.5 Å². The van der Waals surface area contributed by atoms with Gasteiger partial charge in [-0.05, 0) is 24.0 Å². The van der Waals surface area contributed by atoms with E-state index in [4.69, 9.17) is 17.3 Å². The van der Waals surface area contributed by atoms with Crippen LogP contribution in [0.4, 0.5) is 10.5 Å². The van der Waals surface area contributed by atoms with Crippen molar-refractivity contribution in [2.24, 2.45) is 5.41 Å². The molecule has 1 aliphatic rings. The van der Waals surface area contributed by atoms with Crippen LogP contribution in [0.25, 0.3) is 0 Å². The average Bonchev–Trinajstić information content (AvgIpc) is 2.42. The molecule has 128 valence electrons. The van der Waals surface area contributed by atoms with Crippen molar-refractivity contribution >= 4 is 23.4 Å². The minimum absolute atomic E-state index is 0.0410. The van der Waals surface area contributed by atoms with Crippen LogP contribution in [0.5, 0.6) is 0 Å². The smallest absolute Gasteiger partial charge is 0.407 e. The van der Waals surface area contributed by atoms with E-state index in [9.17, 15) is 9.90 Å². The number of hydrogen-bond acceptors (Lipinski definition) is 3. The quantitative estimate of drug-likeness (QED) is 0.809. The summed E-state index contributed by atoms with van der Waals surface area (Å²) in [4.78, 5) is 15.3. The van der Waals surface area contributed by atoms with Crippen LogP contribution in [-0.4, -0.2) is 46.2 Å². The summed E-state index contributed by atoms with van der Waals surface area (Å²) in [5.74, 6) is 0. The number of nitrogen functional groups attached to an aromatic ring is 1. The van der Waals surface area contributed by atoms with E-state index in [1.165, 1.54) is 4.90 Å². The second-order valence-corrected chi connectivity index (χ2v) is 7.79. The summed E-state index contributed by atoms with van der Waals surface area (Å²) in [7, 11) is 0. The van der Waals surface area contributed by atoms with E-state index in [2.05, 4.69) is 25.7 Å². The first-order valence-electron chi connectivity index (χ1n) is 7.87. The fourth-order valence-corrected chi connectivity index (χ4v) is 3.44. The number of halogens is 1. The maximum Gasteiger partial charge on any atom is 0.407 e. The van der Waals surface area contributed by atoms with Gasteiger partial charge in [0.1, 0.15) is 0 Å². The zero-order chi connectivity index (χ0) is 17.4. The highest BCUT2D eigenvalue weighted by Gasteiger charge is 2.40. The lowest BCUT2D eigenvalue weighted by atomic mass is 9.83. The lowest BCUT2D eigenvalue weighted by molar-refractivity contribution is -0.00948. The van der Waals surface area contributed by atoms with Gasteiger partial charge in [-0.2, -0.15) is 0 Å². The van der Waals surface area contributed by atoms with Crippen LogP contribution in [0, 0.1) is 5.41 Å². The largest absolute Gasteiger partial charge is 0.465 e. The standard InChI is InChI=1S/C17H26ClN3O2/c1-11-8-20(9-12-6-5-7-13(19)15(12)18)14(17(2,3)4)10-21(11)16(22)23/h5-7,11,14H,8-10,19H2,1-4H3,(H,22,23). The second-order valence-electron chi connectivity index (χ2n) is 7.42. The topological polar surface area (TPSA) is 69.8 Å². The molecule has 5 nitrogen and oxygen atoms in total. The monoisotopic (exact) mass is 339 g/mol. The fourth-order valence-electron chi connectivity index (χ4n) is 3.25. The minimum Gasteiger partial charge on any atom is -0.465 e. The molecule has 2 unspecified atom stereocenters. The van der Waals surface area contributed by atoms with Crippen molar-refractivity contribution in [2.45, 2.75) is 46.3 Å². The molecule has 1 heterocycles. The van der Waals surface area contributed by atoms with Gasteiger partial charge in [0.2, 0.25) is 0 Å². The molecule has 1 aromatic rings. The summed E-state index contributed by atoms with van der Waals surface area (Å²) in [6.45, 7) is 10.2. The molecule has 1 aromatic carbocycles. The van der Waals surface area contributed by atoms with Crippen molar-refractivity contribution < 1.29 is 9.90 Å². The normalized spacial score (nSPS) is 23.1. The first-order chi connectivity index (χ1) is 10.6. The Morgan fingerprint density at radius 2 is 2.04 bits per heavy atom. The zero-order valence-electron chi connectivity index (χ0n) is 14.2. The molecule has 1 fully saturated rings. The molecule has 0 aromatic heterocycles. The molecular formula is C17H26ClN3O2. The number of benzene rings is 1. The predicted molar refractivity (Wildman–Crippen MR) is 93.7 cm³/mol. The van der Waals surface area contributed by atoms with Crippen LogP contribution in [0.2, 0.25) is 5.02 Å². The van der Waals surface area contributed by atoms with E-state index in [1.807, 2.05) is 19.1 Å². The predicted octanol–water partition coefficient (Wildman–Crippen LogP) is 3.52. The number of hydrogen-bond donors (Lipinski definition) is 2. The SMILES string of the molecule is CC1CN(Cc2cccc(N)c2Cl)C(C(C)(C)C)CN1C(=O)O. The lowest BCUT2D eigenvalue weighted by Gasteiger charge is -2.49. The Hall–Kier alpha value is -1.46. The van der Waals surface area contributed by atoms with E-state index in [0.29, 0.717) is 30.3 Å². The third kappa shape index (κ3) is 3.90. The molecule has 1 aliphatic heterocycles. The number of piperazine rings is 1. The van der Waals surface area contributed by atoms with Gasteiger partial charge in [0.05, 0.1) is 10.7 Å². The third-order valence-electron chi connectivity index (χ3n) is 4.57. The van der Waals surface area contributed by atoms with Crippen LogP contribution in [0.3, 0.4) is 0 Å². The second kappa shape index (κ2) is 6.57. The van der Waals surface area contributed by atoms with Crippen molar-refractivity contribution in [3.05, 3.63) is 28.8 Å². The van der Waals surface area contributed by atoms with E-state index < -0.39 is 6.09 Å². The van der Waals surface area contributed by atoms with Gasteiger partial charge in [-0.25, -0.2) is 4.79 Å². The first kappa shape index (κ1) is 17.9. The minimum atomic E-state index is -0.853. The number of carbonyl (C=O) groups is 1. The molecule has 2 atom stereocenters. The Kier molecular flexibility index (Phi) is 5.11. The summed E-state index contributed by atoms with van der Waals surface area (Å²) in [6.07, 6.45) is -0.853. The average molecular weight is 340 g/mol. The Morgan fingerprint density at radius 3 is 2.61 bits per heavy atom. The van der Waals surface area contributed by atoms with Gasteiger partial charge in [0.15, 0.2) is 0 Å². The highest BCUT2D eigenvalue weighted by atomic mass is 35.5. The number of anilines is 1. The van der Waals surface area contributed by atoms with Gasteiger partial charge in [0.25, 0.3) is 0 Å². The van der Waals surface area contributed by atoms with E-state index in [1.54, 1.807) is 6.07 Å². The summed E-state index contributed by atoms with van der Waals surface area (Å²) >= 11 is 6.33. The molecule has 0 radical (unpaired) electrons. The number of carboxylic acid groups (broad SMARTS) is 1. The fraction of sp³-hybridized carbons (Fsp3) is 0.588. The third-order valence-corrected chi connectivity index (χ3v) is 5.03. The van der Waals surface area contributed by atoms with Crippen molar-refractivity contribution in [3.63, 3.8) is 0 Å². The maximum atomic E-state index is 11.5. The molecule has 1 saturated heterocycles. The van der Waals surface area contributed by atoms with Crippen molar-refractivity contribution in [2.75, 3.05) is 18.8 Å². The highest BCUT2D eigenvalue weighted by Crippen LogP contribution is 2.32.